The van der Waals surface area contributed by atoms with Crippen molar-refractivity contribution >= 4 is 11.9 Å². The first-order chi connectivity index (χ1) is 10.0. The Labute approximate surface area is 124 Å². The van der Waals surface area contributed by atoms with Crippen LogP contribution in [0.5, 0.6) is 0 Å². The summed E-state index contributed by atoms with van der Waals surface area (Å²) in [5.41, 5.74) is 1.96. The van der Waals surface area contributed by atoms with Gasteiger partial charge in [0.2, 0.25) is 5.91 Å². The van der Waals surface area contributed by atoms with E-state index in [0.29, 0.717) is 19.4 Å². The summed E-state index contributed by atoms with van der Waals surface area (Å²) >= 11 is 0. The number of nitrogens with one attached hydrogen (secondary N) is 1. The summed E-state index contributed by atoms with van der Waals surface area (Å²) in [6, 6.07) is 3.87. The molecule has 0 bridgehead atoms. The molecule has 0 spiro atoms. The van der Waals surface area contributed by atoms with Gasteiger partial charge in [-0.05, 0) is 36.8 Å². The van der Waals surface area contributed by atoms with Crippen LogP contribution >= 0.6 is 0 Å². The summed E-state index contributed by atoms with van der Waals surface area (Å²) in [7, 11) is 0. The number of nitrogens with zero attached hydrogens (tertiary/aromatic N) is 1. The van der Waals surface area contributed by atoms with Crippen molar-refractivity contribution in [2.45, 2.75) is 39.7 Å². The molecule has 1 aromatic heterocycles. The Hall–Kier alpha value is -1.91. The third-order valence-electron chi connectivity index (χ3n) is 4.25. The lowest BCUT2D eigenvalue weighted by Gasteiger charge is -2.16. The van der Waals surface area contributed by atoms with Crippen LogP contribution in [0.1, 0.15) is 37.9 Å². The molecule has 0 radical (unpaired) electrons. The Bertz CT molecular complexity index is 530. The monoisotopic (exact) mass is 290 g/mol. The molecule has 2 rings (SSSR count). The molecule has 1 fully saturated rings. The molecule has 2 N–H and O–H groups in total. The van der Waals surface area contributed by atoms with Crippen LogP contribution in [0.25, 0.3) is 0 Å². The van der Waals surface area contributed by atoms with Gasteiger partial charge < -0.3 is 10.4 Å². The normalized spacial score (nSPS) is 24.8. The third-order valence-corrected chi connectivity index (χ3v) is 4.25. The number of carboxylic acid groups (broad SMARTS) is 1. The van der Waals surface area contributed by atoms with Crippen molar-refractivity contribution in [2.75, 3.05) is 0 Å². The van der Waals surface area contributed by atoms with Crippen LogP contribution in [0.3, 0.4) is 0 Å². The van der Waals surface area contributed by atoms with Gasteiger partial charge in [0.25, 0.3) is 0 Å². The number of aromatic nitrogens is 1. The van der Waals surface area contributed by atoms with Gasteiger partial charge in [-0.1, -0.05) is 19.9 Å². The standard InChI is InChI=1S/C16H22N2O3/c1-3-11-5-4-6-17-14(11)9-18-15(19)12-7-10(2)8-13(12)16(20)21/h4-6,10,12-13H,3,7-9H2,1-2H3,(H,18,19)(H,20,21). The first-order valence-electron chi connectivity index (χ1n) is 7.46. The second-order valence-electron chi connectivity index (χ2n) is 5.81. The van der Waals surface area contributed by atoms with E-state index in [-0.39, 0.29) is 11.8 Å². The molecule has 1 aliphatic rings. The van der Waals surface area contributed by atoms with Crippen molar-refractivity contribution in [3.63, 3.8) is 0 Å². The van der Waals surface area contributed by atoms with E-state index in [0.717, 1.165) is 17.7 Å². The van der Waals surface area contributed by atoms with Gasteiger partial charge in [0, 0.05) is 6.20 Å². The summed E-state index contributed by atoms with van der Waals surface area (Å²) in [4.78, 5) is 27.8. The molecule has 1 amide bonds. The highest BCUT2D eigenvalue weighted by atomic mass is 16.4. The fourth-order valence-electron chi connectivity index (χ4n) is 3.11. The average molecular weight is 290 g/mol. The molecule has 5 heteroatoms. The van der Waals surface area contributed by atoms with Crippen molar-refractivity contribution in [1.82, 2.24) is 10.3 Å². The zero-order valence-corrected chi connectivity index (χ0v) is 12.5. The minimum Gasteiger partial charge on any atom is -0.481 e. The molecule has 1 saturated carbocycles. The van der Waals surface area contributed by atoms with Gasteiger partial charge in [-0.15, -0.1) is 0 Å². The second-order valence-corrected chi connectivity index (χ2v) is 5.81. The Morgan fingerprint density at radius 3 is 2.76 bits per heavy atom. The first-order valence-corrected chi connectivity index (χ1v) is 7.46. The Kier molecular flexibility index (Phi) is 4.94. The number of carbonyl (C=O) groups is 2. The van der Waals surface area contributed by atoms with Gasteiger partial charge in [-0.25, -0.2) is 0 Å². The highest BCUT2D eigenvalue weighted by Gasteiger charge is 2.41. The van der Waals surface area contributed by atoms with E-state index in [1.165, 1.54) is 0 Å². The maximum absolute atomic E-state index is 12.3. The number of rotatable bonds is 5. The van der Waals surface area contributed by atoms with E-state index in [2.05, 4.69) is 10.3 Å². The number of hydrogen-bond donors (Lipinski definition) is 2. The number of hydrogen-bond acceptors (Lipinski definition) is 3. The van der Waals surface area contributed by atoms with Crippen LogP contribution < -0.4 is 5.32 Å². The van der Waals surface area contributed by atoms with Crippen LogP contribution in [-0.4, -0.2) is 22.0 Å². The van der Waals surface area contributed by atoms with Gasteiger partial charge >= 0.3 is 5.97 Å². The Balaban J connectivity index is 2.00. The summed E-state index contributed by atoms with van der Waals surface area (Å²) < 4.78 is 0. The number of carbonyl (C=O) groups excluding carboxylic acids is 1. The summed E-state index contributed by atoms with van der Waals surface area (Å²) in [5, 5.41) is 12.1. The molecule has 1 aliphatic carbocycles. The van der Waals surface area contributed by atoms with Gasteiger partial charge in [-0.2, -0.15) is 0 Å². The number of pyridine rings is 1. The predicted octanol–water partition coefficient (Wildman–Crippen LogP) is 2.01. The van der Waals surface area contributed by atoms with Crippen LogP contribution in [0, 0.1) is 17.8 Å². The van der Waals surface area contributed by atoms with Gasteiger partial charge in [-0.3, -0.25) is 14.6 Å². The molecule has 0 aliphatic heterocycles. The third kappa shape index (κ3) is 3.60. The lowest BCUT2D eigenvalue weighted by molar-refractivity contribution is -0.146. The first kappa shape index (κ1) is 15.5. The lowest BCUT2D eigenvalue weighted by atomic mass is 9.95. The number of aryl methyl sites for hydroxylation is 1. The summed E-state index contributed by atoms with van der Waals surface area (Å²) in [5.74, 6) is -1.74. The average Bonchev–Trinajstić information content (AvgIpc) is 2.87. The minimum atomic E-state index is -0.869. The zero-order valence-electron chi connectivity index (χ0n) is 12.5. The lowest BCUT2D eigenvalue weighted by Crippen LogP contribution is -2.35. The van der Waals surface area contributed by atoms with Crippen molar-refractivity contribution in [3.8, 4) is 0 Å². The minimum absolute atomic E-state index is 0.167. The highest BCUT2D eigenvalue weighted by molar-refractivity contribution is 5.85. The molecule has 1 aromatic rings. The molecule has 114 valence electrons. The fourth-order valence-corrected chi connectivity index (χ4v) is 3.11. The number of aliphatic carboxylic acids is 1. The Morgan fingerprint density at radius 2 is 2.10 bits per heavy atom. The quantitative estimate of drug-likeness (QED) is 0.869. The smallest absolute Gasteiger partial charge is 0.307 e. The van der Waals surface area contributed by atoms with Crippen LogP contribution in [0.15, 0.2) is 18.3 Å². The molecule has 3 atom stereocenters. The topological polar surface area (TPSA) is 79.3 Å². The molecule has 5 nitrogen and oxygen atoms in total. The number of amides is 1. The molecule has 0 saturated heterocycles. The molecule has 0 aromatic carbocycles. The van der Waals surface area contributed by atoms with Crippen molar-refractivity contribution in [1.29, 1.82) is 0 Å². The van der Waals surface area contributed by atoms with E-state index >= 15 is 0 Å². The highest BCUT2D eigenvalue weighted by Crippen LogP contribution is 2.36. The SMILES string of the molecule is CCc1cccnc1CNC(=O)C1CC(C)CC1C(=O)O. The predicted molar refractivity (Wildman–Crippen MR) is 78.5 cm³/mol. The van der Waals surface area contributed by atoms with E-state index in [9.17, 15) is 14.7 Å². The van der Waals surface area contributed by atoms with E-state index in [1.54, 1.807) is 6.20 Å². The van der Waals surface area contributed by atoms with Gasteiger partial charge in [0.1, 0.15) is 0 Å². The Morgan fingerprint density at radius 1 is 1.38 bits per heavy atom. The zero-order chi connectivity index (χ0) is 15.4. The van der Waals surface area contributed by atoms with Crippen LogP contribution in [0.4, 0.5) is 0 Å². The van der Waals surface area contributed by atoms with Crippen molar-refractivity contribution in [3.05, 3.63) is 29.6 Å². The van der Waals surface area contributed by atoms with Crippen molar-refractivity contribution < 1.29 is 14.7 Å². The maximum atomic E-state index is 12.3. The second kappa shape index (κ2) is 6.70. The summed E-state index contributed by atoms with van der Waals surface area (Å²) in [6.07, 6.45) is 3.79. The van der Waals surface area contributed by atoms with Crippen molar-refractivity contribution in [2.24, 2.45) is 17.8 Å². The van der Waals surface area contributed by atoms with Crippen LogP contribution in [-0.2, 0) is 22.6 Å². The molecule has 21 heavy (non-hydrogen) atoms. The van der Waals surface area contributed by atoms with E-state index in [4.69, 9.17) is 0 Å². The fraction of sp³-hybridized carbons (Fsp3) is 0.562. The van der Waals surface area contributed by atoms with Gasteiger partial charge in [0.05, 0.1) is 24.1 Å². The molecule has 3 unspecified atom stereocenters. The maximum Gasteiger partial charge on any atom is 0.307 e. The van der Waals surface area contributed by atoms with E-state index < -0.39 is 17.8 Å². The molecular formula is C16H22N2O3. The molecular weight excluding hydrogens is 268 g/mol. The van der Waals surface area contributed by atoms with E-state index in [1.807, 2.05) is 26.0 Å². The molecule has 1 heterocycles. The number of carboxylic acids is 1. The van der Waals surface area contributed by atoms with Gasteiger partial charge in [0.15, 0.2) is 0 Å². The van der Waals surface area contributed by atoms with Crippen LogP contribution in [0.2, 0.25) is 0 Å². The largest absolute Gasteiger partial charge is 0.481 e. The summed E-state index contributed by atoms with van der Waals surface area (Å²) in [6.45, 7) is 4.40.